The van der Waals surface area contributed by atoms with E-state index in [-0.39, 0.29) is 23.4 Å². The zero-order valence-corrected chi connectivity index (χ0v) is 22.5. The van der Waals surface area contributed by atoms with Crippen molar-refractivity contribution in [3.05, 3.63) is 0 Å². The number of ether oxygens (including phenoxy) is 1. The summed E-state index contributed by atoms with van der Waals surface area (Å²) in [4.78, 5) is 0. The molecule has 1 aliphatic rings. The van der Waals surface area contributed by atoms with Gasteiger partial charge in [-0.15, -0.1) is 12.3 Å². The Bertz CT molecular complexity index is 506. The van der Waals surface area contributed by atoms with Crippen molar-refractivity contribution in [2.24, 2.45) is 0 Å². The first-order valence-corrected chi connectivity index (χ1v) is 16.0. The molecule has 0 aromatic rings. The molecule has 0 unspecified atom stereocenters. The van der Waals surface area contributed by atoms with Gasteiger partial charge < -0.3 is 14.3 Å². The summed E-state index contributed by atoms with van der Waals surface area (Å²) < 4.78 is 13.1. The second-order valence-electron chi connectivity index (χ2n) is 11.2. The lowest BCUT2D eigenvalue weighted by Gasteiger charge is -2.41. The van der Waals surface area contributed by atoms with Crippen LogP contribution in [0.25, 0.3) is 0 Å². The summed E-state index contributed by atoms with van der Waals surface area (Å²) in [7, 11) is -1.87. The molecule has 1 fully saturated rings. The van der Waals surface area contributed by atoms with Crippen LogP contribution in [0.15, 0.2) is 0 Å². The zero-order chi connectivity index (χ0) is 23.3. The third-order valence-corrected chi connectivity index (χ3v) is 11.9. The Morgan fingerprint density at radius 1 is 0.968 bits per heavy atom. The van der Waals surface area contributed by atoms with Gasteiger partial charge in [-0.05, 0) is 37.4 Å². The highest BCUT2D eigenvalue weighted by atomic mass is 28.4. The lowest BCUT2D eigenvalue weighted by molar-refractivity contribution is -0.0716. The molecule has 0 aromatic heterocycles. The smallest absolute Gasteiger partial charge is 0.192 e. The van der Waals surface area contributed by atoms with Gasteiger partial charge in [0.05, 0.1) is 24.4 Å². The maximum Gasteiger partial charge on any atom is 0.192 e. The van der Waals surface area contributed by atoms with Crippen LogP contribution in [-0.4, -0.2) is 37.8 Å². The van der Waals surface area contributed by atoms with Crippen molar-refractivity contribution in [1.29, 1.82) is 0 Å². The minimum atomic E-state index is -1.87. The summed E-state index contributed by atoms with van der Waals surface area (Å²) in [6, 6.07) is 0. The molecule has 1 heterocycles. The molecule has 3 nitrogen and oxygen atoms in total. The molecular formula is C27H52O3Si. The van der Waals surface area contributed by atoms with E-state index in [9.17, 15) is 5.11 Å². The molecule has 1 rings (SSSR count). The van der Waals surface area contributed by atoms with Gasteiger partial charge in [0.2, 0.25) is 0 Å². The fourth-order valence-corrected chi connectivity index (χ4v) is 5.59. The number of terminal acetylenes is 1. The number of aliphatic hydroxyl groups is 1. The zero-order valence-electron chi connectivity index (χ0n) is 21.5. The molecule has 0 saturated carbocycles. The van der Waals surface area contributed by atoms with Gasteiger partial charge in [0.15, 0.2) is 8.32 Å². The Labute approximate surface area is 195 Å². The normalized spacial score (nSPS) is 21.7. The molecule has 0 spiro atoms. The molecular weight excluding hydrogens is 400 g/mol. The van der Waals surface area contributed by atoms with Gasteiger partial charge in [0, 0.05) is 6.42 Å². The predicted octanol–water partition coefficient (Wildman–Crippen LogP) is 7.62. The fourth-order valence-electron chi connectivity index (χ4n) is 4.21. The van der Waals surface area contributed by atoms with Crippen molar-refractivity contribution in [2.75, 3.05) is 0 Å². The van der Waals surface area contributed by atoms with Crippen LogP contribution in [0.2, 0.25) is 18.1 Å². The van der Waals surface area contributed by atoms with E-state index in [1.165, 1.54) is 64.2 Å². The number of unbranched alkanes of at least 4 members (excludes halogenated alkanes) is 9. The molecule has 0 amide bonds. The molecule has 4 heteroatoms. The van der Waals surface area contributed by atoms with Crippen LogP contribution in [-0.2, 0) is 9.16 Å². The molecule has 182 valence electrons. The quantitative estimate of drug-likeness (QED) is 0.149. The highest BCUT2D eigenvalue weighted by molar-refractivity contribution is 6.74. The lowest BCUT2D eigenvalue weighted by Crippen LogP contribution is -2.47. The minimum absolute atomic E-state index is 0.0881. The van der Waals surface area contributed by atoms with E-state index in [4.69, 9.17) is 15.6 Å². The molecule has 1 aliphatic heterocycles. The maximum atomic E-state index is 10.3. The standard InChI is InChI=1S/C27H52O3Si/c1-8-10-11-12-13-14-15-16-17-18-20-26(30-31(6,7)27(3,4)5)25-22-21-24(29-25)23(28)19-9-2/h2,23-26,28H,8,10-22H2,1,3-7H3/t23-,24+,25+,26+/m0/s1. The summed E-state index contributed by atoms with van der Waals surface area (Å²) in [5, 5.41) is 10.5. The van der Waals surface area contributed by atoms with Gasteiger partial charge in [0.25, 0.3) is 0 Å². The molecule has 31 heavy (non-hydrogen) atoms. The molecule has 0 aliphatic carbocycles. The Morgan fingerprint density at radius 2 is 1.48 bits per heavy atom. The summed E-state index contributed by atoms with van der Waals surface area (Å²) in [6.07, 6.45) is 21.7. The van der Waals surface area contributed by atoms with Crippen LogP contribution in [0, 0.1) is 12.3 Å². The molecule has 1 N–H and O–H groups in total. The highest BCUT2D eigenvalue weighted by Gasteiger charge is 2.43. The first kappa shape index (κ1) is 28.7. The second kappa shape index (κ2) is 14.7. The van der Waals surface area contributed by atoms with Crippen LogP contribution in [0.5, 0.6) is 0 Å². The molecule has 0 radical (unpaired) electrons. The summed E-state index contributed by atoms with van der Waals surface area (Å²) in [5.74, 6) is 2.56. The predicted molar refractivity (Wildman–Crippen MR) is 136 cm³/mol. The van der Waals surface area contributed by atoms with E-state index in [0.717, 1.165) is 19.3 Å². The summed E-state index contributed by atoms with van der Waals surface area (Å²) >= 11 is 0. The lowest BCUT2D eigenvalue weighted by atomic mass is 10.0. The Balaban J connectivity index is 2.49. The van der Waals surface area contributed by atoms with Crippen molar-refractivity contribution in [2.45, 2.75) is 160 Å². The Kier molecular flexibility index (Phi) is 13.6. The average molecular weight is 453 g/mol. The van der Waals surface area contributed by atoms with Gasteiger partial charge in [-0.2, -0.15) is 0 Å². The monoisotopic (exact) mass is 452 g/mol. The van der Waals surface area contributed by atoms with Crippen molar-refractivity contribution < 1.29 is 14.3 Å². The topological polar surface area (TPSA) is 38.7 Å². The number of hydrogen-bond acceptors (Lipinski definition) is 3. The molecule has 0 aromatic carbocycles. The highest BCUT2D eigenvalue weighted by Crippen LogP contribution is 2.40. The summed E-state index contributed by atoms with van der Waals surface area (Å²) in [5.41, 5.74) is 0. The molecule has 1 saturated heterocycles. The van der Waals surface area contributed by atoms with E-state index in [0.29, 0.717) is 6.42 Å². The van der Waals surface area contributed by atoms with Gasteiger partial charge in [-0.25, -0.2) is 0 Å². The van der Waals surface area contributed by atoms with Crippen molar-refractivity contribution >= 4 is 8.32 Å². The number of rotatable bonds is 16. The maximum absolute atomic E-state index is 10.3. The van der Waals surface area contributed by atoms with Gasteiger partial charge >= 0.3 is 0 Å². The van der Waals surface area contributed by atoms with Crippen molar-refractivity contribution in [3.8, 4) is 12.3 Å². The van der Waals surface area contributed by atoms with E-state index in [1.807, 2.05) is 0 Å². The van der Waals surface area contributed by atoms with Crippen LogP contribution in [0.4, 0.5) is 0 Å². The van der Waals surface area contributed by atoms with E-state index in [2.05, 4.69) is 46.7 Å². The van der Waals surface area contributed by atoms with Crippen LogP contribution < -0.4 is 0 Å². The first-order valence-electron chi connectivity index (χ1n) is 13.1. The Morgan fingerprint density at radius 3 is 2.00 bits per heavy atom. The third kappa shape index (κ3) is 10.9. The average Bonchev–Trinajstić information content (AvgIpc) is 3.18. The first-order chi connectivity index (χ1) is 14.6. The number of hydrogen-bond donors (Lipinski definition) is 1. The van der Waals surface area contributed by atoms with Crippen molar-refractivity contribution in [1.82, 2.24) is 0 Å². The van der Waals surface area contributed by atoms with Gasteiger partial charge in [-0.1, -0.05) is 91.9 Å². The van der Waals surface area contributed by atoms with Crippen LogP contribution in [0.1, 0.15) is 118 Å². The van der Waals surface area contributed by atoms with E-state index < -0.39 is 14.4 Å². The van der Waals surface area contributed by atoms with E-state index >= 15 is 0 Å². The van der Waals surface area contributed by atoms with Crippen LogP contribution in [0.3, 0.4) is 0 Å². The van der Waals surface area contributed by atoms with E-state index in [1.54, 1.807) is 0 Å². The molecule has 0 bridgehead atoms. The second-order valence-corrected chi connectivity index (χ2v) is 15.9. The van der Waals surface area contributed by atoms with Crippen LogP contribution >= 0.6 is 0 Å². The largest absolute Gasteiger partial charge is 0.411 e. The van der Waals surface area contributed by atoms with Crippen molar-refractivity contribution in [3.63, 3.8) is 0 Å². The minimum Gasteiger partial charge on any atom is -0.411 e. The fraction of sp³-hybridized carbons (Fsp3) is 0.926. The molecule has 4 atom stereocenters. The number of aliphatic hydroxyl groups excluding tert-OH is 1. The van der Waals surface area contributed by atoms with Gasteiger partial charge in [-0.3, -0.25) is 0 Å². The van der Waals surface area contributed by atoms with Gasteiger partial charge in [0.1, 0.15) is 0 Å². The summed E-state index contributed by atoms with van der Waals surface area (Å²) in [6.45, 7) is 13.8. The third-order valence-electron chi connectivity index (χ3n) is 7.35. The SMILES string of the molecule is C#CC[C@H](O)[C@H]1CC[C@H]([C@@H](CCCCCCCCCCCC)O[Si](C)(C)C(C)(C)C)O1. The Hall–Kier alpha value is -0.343.